The number of hydrogen-bond donors (Lipinski definition) is 0. The Morgan fingerprint density at radius 2 is 1.83 bits per heavy atom. The van der Waals surface area contributed by atoms with Crippen molar-refractivity contribution in [3.63, 3.8) is 0 Å². The summed E-state index contributed by atoms with van der Waals surface area (Å²) in [6.45, 7) is 9.53. The average Bonchev–Trinajstić information content (AvgIpc) is 2.02. The van der Waals surface area contributed by atoms with Crippen molar-refractivity contribution >= 4 is 15.9 Å². The van der Waals surface area contributed by atoms with Crippen LogP contribution in [-0.2, 0) is 4.74 Å². The highest BCUT2D eigenvalue weighted by atomic mass is 79.9. The number of alkyl halides is 1. The van der Waals surface area contributed by atoms with Crippen molar-refractivity contribution in [1.29, 1.82) is 0 Å². The molecular formula is C10H21BrO. The fourth-order valence-electron chi connectivity index (χ4n) is 1.07. The fraction of sp³-hybridized carbons (Fsp3) is 1.00. The largest absolute Gasteiger partial charge is 0.379 e. The van der Waals surface area contributed by atoms with Crippen LogP contribution in [0, 0.1) is 5.92 Å². The van der Waals surface area contributed by atoms with E-state index in [2.05, 4.69) is 43.6 Å². The van der Waals surface area contributed by atoms with Gasteiger partial charge in [0, 0.05) is 11.4 Å². The van der Waals surface area contributed by atoms with E-state index in [1.807, 2.05) is 0 Å². The summed E-state index contributed by atoms with van der Waals surface area (Å²) in [5, 5.41) is 0. The molecule has 0 aliphatic rings. The summed E-state index contributed by atoms with van der Waals surface area (Å²) in [5.74, 6) is 0.716. The first-order valence-corrected chi connectivity index (χ1v) is 5.75. The van der Waals surface area contributed by atoms with Gasteiger partial charge in [0.2, 0.25) is 0 Å². The third kappa shape index (κ3) is 6.01. The Hall–Kier alpha value is 0.440. The first kappa shape index (κ1) is 12.4. The number of rotatable bonds is 6. The van der Waals surface area contributed by atoms with Crippen LogP contribution in [0.25, 0.3) is 0 Å². The summed E-state index contributed by atoms with van der Waals surface area (Å²) in [6.07, 6.45) is 2.72. The highest BCUT2D eigenvalue weighted by Gasteiger charge is 2.11. The predicted octanol–water partition coefficient (Wildman–Crippen LogP) is 3.61. The van der Waals surface area contributed by atoms with E-state index in [1.165, 1.54) is 6.42 Å². The second-order valence-electron chi connectivity index (χ2n) is 3.61. The van der Waals surface area contributed by atoms with Gasteiger partial charge in [-0.3, -0.25) is 0 Å². The van der Waals surface area contributed by atoms with Gasteiger partial charge in [0.15, 0.2) is 0 Å². The fourth-order valence-corrected chi connectivity index (χ4v) is 1.34. The Balaban J connectivity index is 3.37. The Labute approximate surface area is 85.0 Å². The highest BCUT2D eigenvalue weighted by Crippen LogP contribution is 2.19. The zero-order valence-electron chi connectivity index (χ0n) is 8.64. The van der Waals surface area contributed by atoms with Crippen molar-refractivity contribution < 1.29 is 4.74 Å². The van der Waals surface area contributed by atoms with E-state index in [0.717, 1.165) is 13.0 Å². The van der Waals surface area contributed by atoms with Gasteiger partial charge < -0.3 is 4.74 Å². The van der Waals surface area contributed by atoms with Crippen LogP contribution in [0.5, 0.6) is 0 Å². The Morgan fingerprint density at radius 3 is 2.25 bits per heavy atom. The molecule has 0 aromatic heterocycles. The molecule has 0 bridgehead atoms. The molecule has 0 fully saturated rings. The molecule has 0 spiro atoms. The molecule has 74 valence electrons. The van der Waals surface area contributed by atoms with E-state index in [1.54, 1.807) is 0 Å². The van der Waals surface area contributed by atoms with Gasteiger partial charge in [-0.15, -0.1) is 0 Å². The molecule has 0 aliphatic heterocycles. The molecule has 2 heteroatoms. The predicted molar refractivity (Wildman–Crippen MR) is 57.9 cm³/mol. The van der Waals surface area contributed by atoms with E-state index in [9.17, 15) is 0 Å². The van der Waals surface area contributed by atoms with E-state index in [-0.39, 0.29) is 0 Å². The standard InChI is InChI=1S/C10H21BrO/c1-5-10(11)9(4)6-7-12-8(2)3/h8-10H,5-7H2,1-4H3. The van der Waals surface area contributed by atoms with Crippen molar-refractivity contribution in [3.05, 3.63) is 0 Å². The molecular weight excluding hydrogens is 216 g/mol. The maximum absolute atomic E-state index is 5.49. The summed E-state index contributed by atoms with van der Waals surface area (Å²) in [5.41, 5.74) is 0. The lowest BCUT2D eigenvalue weighted by Crippen LogP contribution is -2.14. The highest BCUT2D eigenvalue weighted by molar-refractivity contribution is 9.09. The van der Waals surface area contributed by atoms with Crippen molar-refractivity contribution in [2.45, 2.75) is 51.5 Å². The van der Waals surface area contributed by atoms with E-state index in [0.29, 0.717) is 16.8 Å². The average molecular weight is 237 g/mol. The second kappa shape index (κ2) is 6.90. The molecule has 0 amide bonds. The van der Waals surface area contributed by atoms with Crippen LogP contribution in [0.3, 0.4) is 0 Å². The smallest absolute Gasteiger partial charge is 0.0518 e. The van der Waals surface area contributed by atoms with Gasteiger partial charge in [-0.1, -0.05) is 29.8 Å². The monoisotopic (exact) mass is 236 g/mol. The molecule has 12 heavy (non-hydrogen) atoms. The van der Waals surface area contributed by atoms with Gasteiger partial charge in [-0.05, 0) is 32.6 Å². The van der Waals surface area contributed by atoms with Gasteiger partial charge in [-0.25, -0.2) is 0 Å². The minimum atomic E-state index is 0.368. The molecule has 0 aliphatic carbocycles. The van der Waals surface area contributed by atoms with Crippen LogP contribution in [0.1, 0.15) is 40.5 Å². The summed E-state index contributed by atoms with van der Waals surface area (Å²) in [7, 11) is 0. The molecule has 0 saturated carbocycles. The van der Waals surface area contributed by atoms with E-state index >= 15 is 0 Å². The minimum absolute atomic E-state index is 0.368. The topological polar surface area (TPSA) is 9.23 Å². The summed E-state index contributed by atoms with van der Waals surface area (Å²) >= 11 is 3.65. The van der Waals surface area contributed by atoms with Crippen LogP contribution in [0.2, 0.25) is 0 Å². The Bertz CT molecular complexity index is 104. The van der Waals surface area contributed by atoms with Crippen LogP contribution >= 0.6 is 15.9 Å². The van der Waals surface area contributed by atoms with Gasteiger partial charge in [-0.2, -0.15) is 0 Å². The number of hydrogen-bond acceptors (Lipinski definition) is 1. The third-order valence-electron chi connectivity index (χ3n) is 2.03. The van der Waals surface area contributed by atoms with Crippen LogP contribution < -0.4 is 0 Å². The van der Waals surface area contributed by atoms with Gasteiger partial charge >= 0.3 is 0 Å². The van der Waals surface area contributed by atoms with Gasteiger partial charge in [0.25, 0.3) is 0 Å². The van der Waals surface area contributed by atoms with Crippen molar-refractivity contribution in [2.75, 3.05) is 6.61 Å². The van der Waals surface area contributed by atoms with Gasteiger partial charge in [0.05, 0.1) is 6.10 Å². The molecule has 0 aromatic carbocycles. The first-order valence-electron chi connectivity index (χ1n) is 4.83. The van der Waals surface area contributed by atoms with E-state index in [4.69, 9.17) is 4.74 Å². The molecule has 0 heterocycles. The Kier molecular flexibility index (Phi) is 7.16. The maximum Gasteiger partial charge on any atom is 0.0518 e. The number of halogens is 1. The second-order valence-corrected chi connectivity index (χ2v) is 4.79. The summed E-state index contributed by atoms with van der Waals surface area (Å²) in [4.78, 5) is 0.647. The lowest BCUT2D eigenvalue weighted by Gasteiger charge is -2.17. The lowest BCUT2D eigenvalue weighted by atomic mass is 10.0. The first-order chi connectivity index (χ1) is 5.57. The lowest BCUT2D eigenvalue weighted by molar-refractivity contribution is 0.0696. The molecule has 0 rings (SSSR count). The quantitative estimate of drug-likeness (QED) is 0.641. The van der Waals surface area contributed by atoms with Crippen molar-refractivity contribution in [1.82, 2.24) is 0 Å². The molecule has 0 radical (unpaired) electrons. The van der Waals surface area contributed by atoms with Crippen molar-refractivity contribution in [2.24, 2.45) is 5.92 Å². The molecule has 2 unspecified atom stereocenters. The Morgan fingerprint density at radius 1 is 1.25 bits per heavy atom. The molecule has 0 aromatic rings. The molecule has 1 nitrogen and oxygen atoms in total. The summed E-state index contributed by atoms with van der Waals surface area (Å²) < 4.78 is 5.49. The minimum Gasteiger partial charge on any atom is -0.379 e. The van der Waals surface area contributed by atoms with Crippen LogP contribution in [0.15, 0.2) is 0 Å². The third-order valence-corrected chi connectivity index (χ3v) is 3.58. The van der Waals surface area contributed by atoms with Gasteiger partial charge in [0.1, 0.15) is 0 Å². The maximum atomic E-state index is 5.49. The SMILES string of the molecule is CCC(Br)C(C)CCOC(C)C. The molecule has 0 saturated heterocycles. The number of ether oxygens (including phenoxy) is 1. The summed E-state index contributed by atoms with van der Waals surface area (Å²) in [6, 6.07) is 0. The van der Waals surface area contributed by atoms with Crippen LogP contribution in [0.4, 0.5) is 0 Å². The molecule has 0 N–H and O–H groups in total. The zero-order valence-corrected chi connectivity index (χ0v) is 10.2. The van der Waals surface area contributed by atoms with Crippen LogP contribution in [-0.4, -0.2) is 17.5 Å². The molecule has 2 atom stereocenters. The normalized spacial score (nSPS) is 16.5. The van der Waals surface area contributed by atoms with Crippen molar-refractivity contribution in [3.8, 4) is 0 Å². The zero-order chi connectivity index (χ0) is 9.56. The van der Waals surface area contributed by atoms with E-state index < -0.39 is 0 Å².